The van der Waals surface area contributed by atoms with Crippen molar-refractivity contribution in [2.45, 2.75) is 19.8 Å². The van der Waals surface area contributed by atoms with Gasteiger partial charge in [0.2, 0.25) is 0 Å². The van der Waals surface area contributed by atoms with Gasteiger partial charge in [-0.1, -0.05) is 135 Å². The summed E-state index contributed by atoms with van der Waals surface area (Å²) in [4.78, 5) is 0. The summed E-state index contributed by atoms with van der Waals surface area (Å²) in [7, 11) is 0. The molecule has 13 rings (SSSR count). The second kappa shape index (κ2) is 13.7. The quantitative estimate of drug-likeness (QED) is 0.163. The molecule has 13 aromatic rings. The highest BCUT2D eigenvalue weighted by Gasteiger charge is 2.30. The van der Waals surface area contributed by atoms with E-state index < -0.39 is 0 Å². The molecule has 0 N–H and O–H groups in total. The van der Waals surface area contributed by atoms with Crippen LogP contribution in [0.4, 0.5) is 8.78 Å². The van der Waals surface area contributed by atoms with Crippen molar-refractivity contribution in [3.8, 4) is 33.6 Å². The number of fused-ring (bicyclic) bond motifs is 14. The Balaban J connectivity index is 1.27. The molecule has 0 aliphatic heterocycles. The highest BCUT2D eigenvalue weighted by Crippen LogP contribution is 2.51. The molecule has 0 amide bonds. The van der Waals surface area contributed by atoms with Gasteiger partial charge >= 0.3 is 0 Å². The summed E-state index contributed by atoms with van der Waals surface area (Å²) in [5.41, 5.74) is 9.08. The van der Waals surface area contributed by atoms with Crippen molar-refractivity contribution in [2.75, 3.05) is 0 Å². The van der Waals surface area contributed by atoms with Crippen LogP contribution in [0.5, 0.6) is 0 Å². The summed E-state index contributed by atoms with van der Waals surface area (Å²) < 4.78 is 43.3. The first-order valence-electron chi connectivity index (χ1n) is 21.3. The number of thiophene rings is 2. The Bertz CT molecular complexity index is 3790. The summed E-state index contributed by atoms with van der Waals surface area (Å²) >= 11 is 3.63. The van der Waals surface area contributed by atoms with Crippen LogP contribution in [0.25, 0.3) is 118 Å². The van der Waals surface area contributed by atoms with Gasteiger partial charge < -0.3 is 9.13 Å². The Labute approximate surface area is 369 Å². The lowest BCUT2D eigenvalue weighted by Crippen LogP contribution is -2.10. The van der Waals surface area contributed by atoms with Crippen LogP contribution in [0.2, 0.25) is 0 Å². The SMILES string of the molecule is CC(C)c1c(-c2ccccc2F)c(-n2c3ccccc3c3c4sc5ccccc5c4ccc32)cc(-n2c3ccccc3c3c4sc5ccccc5c4ccc32)c1-c1ccccc1F. The molecule has 0 saturated heterocycles. The van der Waals surface area contributed by atoms with Crippen LogP contribution in [-0.4, -0.2) is 9.13 Å². The van der Waals surface area contributed by atoms with Gasteiger partial charge in [0.25, 0.3) is 0 Å². The first-order valence-corrected chi connectivity index (χ1v) is 23.0. The number of halogens is 2. The molecule has 0 radical (unpaired) electrons. The van der Waals surface area contributed by atoms with E-state index in [4.69, 9.17) is 0 Å². The maximum absolute atomic E-state index is 16.8. The van der Waals surface area contributed by atoms with Crippen LogP contribution < -0.4 is 0 Å². The third-order valence-corrected chi connectivity index (χ3v) is 15.4. The zero-order chi connectivity index (χ0) is 42.1. The number of hydrogen-bond acceptors (Lipinski definition) is 2. The average Bonchev–Trinajstić information content (AvgIpc) is 4.06. The Morgan fingerprint density at radius 1 is 0.397 bits per heavy atom. The molecule has 300 valence electrons. The molecule has 0 atom stereocenters. The fourth-order valence-electron chi connectivity index (χ4n) is 10.5. The van der Waals surface area contributed by atoms with Gasteiger partial charge in [-0.05, 0) is 66.1 Å². The number of nitrogens with zero attached hydrogens (tertiary/aromatic N) is 2. The third-order valence-electron chi connectivity index (χ3n) is 13.0. The first kappa shape index (κ1) is 36.5. The molecule has 0 unspecified atom stereocenters. The molecule has 9 aromatic carbocycles. The van der Waals surface area contributed by atoms with E-state index in [1.54, 1.807) is 12.1 Å². The van der Waals surface area contributed by atoms with Gasteiger partial charge in [-0.3, -0.25) is 0 Å². The van der Waals surface area contributed by atoms with E-state index in [1.165, 1.54) is 63.2 Å². The minimum atomic E-state index is -0.329. The number of para-hydroxylation sites is 2. The molecule has 0 bridgehead atoms. The molecular formula is C57H36F2N2S2. The van der Waals surface area contributed by atoms with Gasteiger partial charge in [-0.15, -0.1) is 22.7 Å². The Kier molecular flexibility index (Phi) is 7.94. The molecule has 0 aliphatic rings. The smallest absolute Gasteiger partial charge is 0.131 e. The molecule has 4 aromatic heterocycles. The van der Waals surface area contributed by atoms with Crippen molar-refractivity contribution in [3.05, 3.63) is 193 Å². The Morgan fingerprint density at radius 2 is 0.794 bits per heavy atom. The van der Waals surface area contributed by atoms with Crippen LogP contribution in [-0.2, 0) is 0 Å². The fraction of sp³-hybridized carbons (Fsp3) is 0.0526. The van der Waals surface area contributed by atoms with E-state index in [-0.39, 0.29) is 17.6 Å². The minimum absolute atomic E-state index is 0.155. The maximum atomic E-state index is 16.8. The van der Waals surface area contributed by atoms with Crippen LogP contribution in [0, 0.1) is 11.6 Å². The molecule has 0 saturated carbocycles. The topological polar surface area (TPSA) is 9.86 Å². The zero-order valence-electron chi connectivity index (χ0n) is 34.3. The lowest BCUT2D eigenvalue weighted by molar-refractivity contribution is 0.630. The Morgan fingerprint density at radius 3 is 1.24 bits per heavy atom. The monoisotopic (exact) mass is 850 g/mol. The number of aromatic nitrogens is 2. The minimum Gasteiger partial charge on any atom is -0.308 e. The number of hydrogen-bond donors (Lipinski definition) is 0. The highest BCUT2D eigenvalue weighted by molar-refractivity contribution is 7.27. The number of benzene rings is 9. The van der Waals surface area contributed by atoms with E-state index in [0.29, 0.717) is 11.1 Å². The molecular weight excluding hydrogens is 815 g/mol. The van der Waals surface area contributed by atoms with E-state index in [0.717, 1.165) is 60.9 Å². The predicted molar refractivity (Wildman–Crippen MR) is 266 cm³/mol. The second-order valence-corrected chi connectivity index (χ2v) is 18.9. The third kappa shape index (κ3) is 5.13. The normalized spacial score (nSPS) is 12.3. The molecule has 0 spiro atoms. The molecule has 63 heavy (non-hydrogen) atoms. The van der Waals surface area contributed by atoms with Gasteiger partial charge in [-0.25, -0.2) is 8.78 Å². The van der Waals surface area contributed by atoms with Crippen molar-refractivity contribution in [3.63, 3.8) is 0 Å². The molecule has 6 heteroatoms. The summed E-state index contributed by atoms with van der Waals surface area (Å²) in [5, 5.41) is 9.49. The lowest BCUT2D eigenvalue weighted by Gasteiger charge is -2.28. The van der Waals surface area contributed by atoms with Crippen molar-refractivity contribution in [2.24, 2.45) is 0 Å². The summed E-state index contributed by atoms with van der Waals surface area (Å²) in [6, 6.07) is 59.7. The van der Waals surface area contributed by atoms with Gasteiger partial charge in [0.1, 0.15) is 11.6 Å². The Hall–Kier alpha value is -7.12. The summed E-state index contributed by atoms with van der Waals surface area (Å²) in [5.74, 6) is -0.813. The van der Waals surface area contributed by atoms with Gasteiger partial charge in [0, 0.05) is 84.1 Å². The van der Waals surface area contributed by atoms with E-state index in [2.05, 4.69) is 150 Å². The van der Waals surface area contributed by atoms with Crippen molar-refractivity contribution < 1.29 is 8.78 Å². The molecule has 2 nitrogen and oxygen atoms in total. The van der Waals surface area contributed by atoms with Crippen molar-refractivity contribution >= 4 is 107 Å². The molecule has 0 aliphatic carbocycles. The summed E-state index contributed by atoms with van der Waals surface area (Å²) in [6.45, 7) is 4.30. The zero-order valence-corrected chi connectivity index (χ0v) is 35.9. The van der Waals surface area contributed by atoms with Crippen LogP contribution in [0.1, 0.15) is 25.3 Å². The first-order chi connectivity index (χ1) is 31.0. The predicted octanol–water partition coefficient (Wildman–Crippen LogP) is 17.4. The summed E-state index contributed by atoms with van der Waals surface area (Å²) in [6.07, 6.45) is 0. The van der Waals surface area contributed by atoms with E-state index in [9.17, 15) is 0 Å². The fourth-order valence-corrected chi connectivity index (χ4v) is 13.0. The maximum Gasteiger partial charge on any atom is 0.131 e. The van der Waals surface area contributed by atoms with Gasteiger partial charge in [0.15, 0.2) is 0 Å². The van der Waals surface area contributed by atoms with E-state index >= 15 is 8.78 Å². The van der Waals surface area contributed by atoms with Gasteiger partial charge in [-0.2, -0.15) is 0 Å². The molecule has 0 fully saturated rings. The van der Waals surface area contributed by atoms with Crippen molar-refractivity contribution in [1.82, 2.24) is 9.13 Å². The lowest BCUT2D eigenvalue weighted by atomic mass is 9.83. The van der Waals surface area contributed by atoms with Crippen LogP contribution in [0.15, 0.2) is 176 Å². The average molecular weight is 851 g/mol. The number of rotatable bonds is 5. The largest absolute Gasteiger partial charge is 0.308 e. The van der Waals surface area contributed by atoms with Crippen LogP contribution >= 0.6 is 22.7 Å². The molecule has 4 heterocycles. The van der Waals surface area contributed by atoms with Crippen molar-refractivity contribution in [1.29, 1.82) is 0 Å². The standard InChI is InChI=1S/C57H36F2N2S2/c1-32(2)51-52(37-17-3-9-21-41(37)58)47(60-43-23-11-5-19-39(43)54-45(60)29-27-35-33-15-7-13-25-49(33)62-56(35)54)31-48(53(51)38-18-4-10-22-42(38)59)61-44-24-12-6-20-40(44)55-46(61)30-28-36-34-16-8-14-26-50(34)63-57(36)55/h3-32H,1-2H3. The second-order valence-electron chi connectivity index (χ2n) is 16.8. The van der Waals surface area contributed by atoms with Crippen LogP contribution in [0.3, 0.4) is 0 Å². The van der Waals surface area contributed by atoms with E-state index in [1.807, 2.05) is 46.9 Å². The van der Waals surface area contributed by atoms with Gasteiger partial charge in [0.05, 0.1) is 33.4 Å². The highest BCUT2D eigenvalue weighted by atomic mass is 32.1.